The first-order valence-electron chi connectivity index (χ1n) is 4.94. The summed E-state index contributed by atoms with van der Waals surface area (Å²) in [6, 6.07) is 6.51. The number of aliphatic carboxylic acids is 1. The van der Waals surface area contributed by atoms with Crippen molar-refractivity contribution in [1.82, 2.24) is 5.32 Å². The van der Waals surface area contributed by atoms with Crippen LogP contribution in [0.15, 0.2) is 30.3 Å². The third-order valence-corrected chi connectivity index (χ3v) is 2.38. The van der Waals surface area contributed by atoms with Gasteiger partial charge in [-0.15, -0.1) is 0 Å². The molecule has 5 nitrogen and oxygen atoms in total. The number of amides is 2. The highest BCUT2D eigenvalue weighted by Crippen LogP contribution is 2.18. The fraction of sp³-hybridized carbons (Fsp3) is 0.0833. The highest BCUT2D eigenvalue weighted by Gasteiger charge is 2.21. The van der Waals surface area contributed by atoms with Gasteiger partial charge in [-0.1, -0.05) is 24.3 Å². The van der Waals surface area contributed by atoms with Crippen LogP contribution < -0.4 is 5.32 Å². The molecular weight excluding hydrogens is 222 g/mol. The monoisotopic (exact) mass is 231 g/mol. The maximum atomic E-state index is 11.4. The van der Waals surface area contributed by atoms with Gasteiger partial charge in [0.25, 0.3) is 11.8 Å². The van der Waals surface area contributed by atoms with Crippen molar-refractivity contribution in [2.75, 3.05) is 0 Å². The Balaban J connectivity index is 2.24. The van der Waals surface area contributed by atoms with Gasteiger partial charge in [-0.2, -0.15) is 0 Å². The van der Waals surface area contributed by atoms with Crippen LogP contribution in [0.2, 0.25) is 0 Å². The van der Waals surface area contributed by atoms with Gasteiger partial charge in [-0.05, 0) is 11.1 Å². The summed E-state index contributed by atoms with van der Waals surface area (Å²) < 4.78 is 0. The summed E-state index contributed by atoms with van der Waals surface area (Å²) in [5.74, 6) is -1.77. The molecule has 1 aromatic rings. The molecule has 0 spiro atoms. The summed E-state index contributed by atoms with van der Waals surface area (Å²) in [4.78, 5) is 32.8. The zero-order chi connectivity index (χ0) is 12.4. The van der Waals surface area contributed by atoms with Gasteiger partial charge in [-0.3, -0.25) is 19.7 Å². The second-order valence-corrected chi connectivity index (χ2v) is 3.64. The molecule has 0 aromatic heterocycles. The number of hydrogen-bond donors (Lipinski definition) is 2. The molecule has 2 rings (SSSR count). The molecule has 0 bridgehead atoms. The van der Waals surface area contributed by atoms with Crippen LogP contribution in [-0.4, -0.2) is 22.9 Å². The minimum Gasteiger partial charge on any atom is -0.481 e. The number of carboxylic acid groups (broad SMARTS) is 1. The summed E-state index contributed by atoms with van der Waals surface area (Å²) in [6.07, 6.45) is 1.17. The average Bonchev–Trinajstić information content (AvgIpc) is 2.58. The lowest BCUT2D eigenvalue weighted by molar-refractivity contribution is -0.136. The number of rotatable bonds is 3. The fourth-order valence-electron chi connectivity index (χ4n) is 1.60. The van der Waals surface area contributed by atoms with E-state index in [9.17, 15) is 14.4 Å². The van der Waals surface area contributed by atoms with Gasteiger partial charge in [0, 0.05) is 6.08 Å². The highest BCUT2D eigenvalue weighted by molar-refractivity contribution is 6.33. The molecule has 2 amide bonds. The van der Waals surface area contributed by atoms with Crippen LogP contribution in [0, 0.1) is 0 Å². The molecule has 2 N–H and O–H groups in total. The Hall–Kier alpha value is -2.43. The Morgan fingerprint density at radius 1 is 1.18 bits per heavy atom. The lowest BCUT2D eigenvalue weighted by Gasteiger charge is -2.01. The molecule has 0 saturated carbocycles. The van der Waals surface area contributed by atoms with E-state index in [0.29, 0.717) is 16.7 Å². The van der Waals surface area contributed by atoms with Crippen molar-refractivity contribution in [2.45, 2.75) is 6.42 Å². The van der Waals surface area contributed by atoms with E-state index in [4.69, 9.17) is 5.11 Å². The first-order chi connectivity index (χ1) is 8.06. The van der Waals surface area contributed by atoms with E-state index < -0.39 is 17.8 Å². The van der Waals surface area contributed by atoms with Gasteiger partial charge in [0.1, 0.15) is 0 Å². The second-order valence-electron chi connectivity index (χ2n) is 3.64. The zero-order valence-corrected chi connectivity index (χ0v) is 8.77. The van der Waals surface area contributed by atoms with Crippen LogP contribution >= 0.6 is 0 Å². The van der Waals surface area contributed by atoms with E-state index in [1.165, 1.54) is 6.08 Å². The van der Waals surface area contributed by atoms with Crippen molar-refractivity contribution in [3.8, 4) is 0 Å². The van der Waals surface area contributed by atoms with E-state index in [1.54, 1.807) is 24.3 Å². The topological polar surface area (TPSA) is 83.5 Å². The SMILES string of the molecule is O=C(O)Cc1ccc(C2=CC(=O)NC2=O)cc1. The van der Waals surface area contributed by atoms with Crippen molar-refractivity contribution in [2.24, 2.45) is 0 Å². The molecule has 1 aromatic carbocycles. The van der Waals surface area contributed by atoms with Gasteiger partial charge >= 0.3 is 5.97 Å². The standard InChI is InChI=1S/C12H9NO4/c14-10-6-9(12(17)13-10)8-3-1-7(2-4-8)5-11(15)16/h1-4,6H,5H2,(H,15,16)(H,13,14,17). The number of benzene rings is 1. The minimum atomic E-state index is -0.911. The van der Waals surface area contributed by atoms with Crippen molar-refractivity contribution in [3.63, 3.8) is 0 Å². The first kappa shape index (κ1) is 11.1. The smallest absolute Gasteiger partial charge is 0.307 e. The maximum absolute atomic E-state index is 11.4. The van der Waals surface area contributed by atoms with E-state index >= 15 is 0 Å². The van der Waals surface area contributed by atoms with Gasteiger partial charge < -0.3 is 5.11 Å². The number of carbonyl (C=O) groups is 3. The first-order valence-corrected chi connectivity index (χ1v) is 4.94. The zero-order valence-electron chi connectivity index (χ0n) is 8.77. The summed E-state index contributed by atoms with van der Waals surface area (Å²) in [7, 11) is 0. The van der Waals surface area contributed by atoms with Gasteiger partial charge in [-0.25, -0.2) is 0 Å². The molecule has 0 atom stereocenters. The van der Waals surface area contributed by atoms with Crippen LogP contribution in [0.1, 0.15) is 11.1 Å². The summed E-state index contributed by atoms with van der Waals surface area (Å²) >= 11 is 0. The molecule has 1 heterocycles. The van der Waals surface area contributed by atoms with E-state index in [2.05, 4.69) is 5.32 Å². The third kappa shape index (κ3) is 2.39. The highest BCUT2D eigenvalue weighted by atomic mass is 16.4. The molecule has 0 fully saturated rings. The molecule has 17 heavy (non-hydrogen) atoms. The maximum Gasteiger partial charge on any atom is 0.307 e. The number of nitrogens with one attached hydrogen (secondary N) is 1. The van der Waals surface area contributed by atoms with Crippen LogP contribution in [0.25, 0.3) is 5.57 Å². The van der Waals surface area contributed by atoms with Crippen molar-refractivity contribution < 1.29 is 19.5 Å². The Labute approximate surface area is 96.8 Å². The Morgan fingerprint density at radius 3 is 2.29 bits per heavy atom. The lowest BCUT2D eigenvalue weighted by Crippen LogP contribution is -2.21. The van der Waals surface area contributed by atoms with Crippen LogP contribution in [0.5, 0.6) is 0 Å². The summed E-state index contributed by atoms with van der Waals surface area (Å²) in [6.45, 7) is 0. The molecule has 0 aliphatic carbocycles. The van der Waals surface area contributed by atoms with E-state index in [-0.39, 0.29) is 6.42 Å². The van der Waals surface area contributed by atoms with Crippen molar-refractivity contribution >= 4 is 23.4 Å². The average molecular weight is 231 g/mol. The molecule has 1 aliphatic rings. The number of carboxylic acids is 1. The molecule has 5 heteroatoms. The largest absolute Gasteiger partial charge is 0.481 e. The Bertz CT molecular complexity index is 528. The molecule has 86 valence electrons. The fourth-order valence-corrected chi connectivity index (χ4v) is 1.60. The Morgan fingerprint density at radius 2 is 1.82 bits per heavy atom. The minimum absolute atomic E-state index is 0.0650. The van der Waals surface area contributed by atoms with Crippen LogP contribution in [0.4, 0.5) is 0 Å². The predicted molar refractivity (Wildman–Crippen MR) is 58.9 cm³/mol. The van der Waals surface area contributed by atoms with E-state index in [0.717, 1.165) is 0 Å². The van der Waals surface area contributed by atoms with Gasteiger partial charge in [0.05, 0.1) is 12.0 Å². The van der Waals surface area contributed by atoms with Gasteiger partial charge in [0.15, 0.2) is 0 Å². The number of carbonyl (C=O) groups excluding carboxylic acids is 2. The lowest BCUT2D eigenvalue weighted by atomic mass is 10.0. The quantitative estimate of drug-likeness (QED) is 0.735. The summed E-state index contributed by atoms with van der Waals surface area (Å²) in [5, 5.41) is 10.8. The predicted octanol–water partition coefficient (Wildman–Crippen LogP) is 0.353. The molecular formula is C12H9NO4. The van der Waals surface area contributed by atoms with Gasteiger partial charge in [0.2, 0.25) is 0 Å². The molecule has 0 saturated heterocycles. The van der Waals surface area contributed by atoms with Crippen molar-refractivity contribution in [3.05, 3.63) is 41.5 Å². The number of imide groups is 1. The van der Waals surface area contributed by atoms with Crippen LogP contribution in [0.3, 0.4) is 0 Å². The Kier molecular flexibility index (Phi) is 2.74. The van der Waals surface area contributed by atoms with E-state index in [1.807, 2.05) is 0 Å². The summed E-state index contributed by atoms with van der Waals surface area (Å²) in [5.41, 5.74) is 1.55. The van der Waals surface area contributed by atoms with Crippen molar-refractivity contribution in [1.29, 1.82) is 0 Å². The normalized spacial score (nSPS) is 14.5. The third-order valence-electron chi connectivity index (χ3n) is 2.38. The molecule has 1 aliphatic heterocycles. The molecule has 0 radical (unpaired) electrons. The van der Waals surface area contributed by atoms with Crippen LogP contribution in [-0.2, 0) is 20.8 Å². The second kappa shape index (κ2) is 4.21. The number of hydrogen-bond acceptors (Lipinski definition) is 3. The molecule has 0 unspecified atom stereocenters.